The van der Waals surface area contributed by atoms with Crippen LogP contribution >= 0.6 is 0 Å². The summed E-state index contributed by atoms with van der Waals surface area (Å²) >= 11 is 0. The Morgan fingerprint density at radius 3 is 2.28 bits per heavy atom. The van der Waals surface area contributed by atoms with E-state index in [-0.39, 0.29) is 11.8 Å². The SMILES string of the molecule is COc1cc2c(cc1OC)CN(C(=O)c1ccnc(C(=O)N3CCCC3)c1)CC2. The number of likely N-dealkylation sites (tertiary alicyclic amines) is 1. The first kappa shape index (κ1) is 19.2. The van der Waals surface area contributed by atoms with Crippen molar-refractivity contribution in [3.63, 3.8) is 0 Å². The van der Waals surface area contributed by atoms with E-state index in [9.17, 15) is 9.59 Å². The summed E-state index contributed by atoms with van der Waals surface area (Å²) in [5.74, 6) is 1.16. The molecule has 7 heteroatoms. The van der Waals surface area contributed by atoms with Gasteiger partial charge >= 0.3 is 0 Å². The number of carbonyl (C=O) groups excluding carboxylic acids is 2. The second-order valence-corrected chi connectivity index (χ2v) is 7.38. The molecule has 0 unspecified atom stereocenters. The fourth-order valence-electron chi connectivity index (χ4n) is 4.00. The number of amides is 2. The first-order valence-electron chi connectivity index (χ1n) is 9.89. The largest absolute Gasteiger partial charge is 0.493 e. The number of rotatable bonds is 4. The van der Waals surface area contributed by atoms with Crippen molar-refractivity contribution < 1.29 is 19.1 Å². The van der Waals surface area contributed by atoms with E-state index in [1.165, 1.54) is 0 Å². The molecule has 0 spiro atoms. The normalized spacial score (nSPS) is 15.8. The predicted octanol–water partition coefficient (Wildman–Crippen LogP) is 2.53. The van der Waals surface area contributed by atoms with E-state index >= 15 is 0 Å². The smallest absolute Gasteiger partial charge is 0.272 e. The quantitative estimate of drug-likeness (QED) is 0.796. The number of fused-ring (bicyclic) bond motifs is 1. The average Bonchev–Trinajstić information content (AvgIpc) is 3.31. The van der Waals surface area contributed by atoms with Crippen LogP contribution in [0.2, 0.25) is 0 Å². The van der Waals surface area contributed by atoms with Crippen molar-refractivity contribution in [2.45, 2.75) is 25.8 Å². The molecule has 2 aliphatic rings. The molecule has 29 heavy (non-hydrogen) atoms. The van der Waals surface area contributed by atoms with Crippen LogP contribution in [0.4, 0.5) is 0 Å². The zero-order valence-electron chi connectivity index (χ0n) is 16.8. The highest BCUT2D eigenvalue weighted by molar-refractivity contribution is 5.98. The van der Waals surface area contributed by atoms with Crippen molar-refractivity contribution >= 4 is 11.8 Å². The van der Waals surface area contributed by atoms with Gasteiger partial charge in [-0.05, 0) is 54.7 Å². The molecule has 0 N–H and O–H groups in total. The molecule has 2 aliphatic heterocycles. The Kier molecular flexibility index (Phi) is 5.38. The highest BCUT2D eigenvalue weighted by Crippen LogP contribution is 2.33. The molecular weight excluding hydrogens is 370 g/mol. The van der Waals surface area contributed by atoms with Gasteiger partial charge in [0.05, 0.1) is 14.2 Å². The summed E-state index contributed by atoms with van der Waals surface area (Å²) in [6, 6.07) is 7.21. The van der Waals surface area contributed by atoms with Gasteiger partial charge in [0.2, 0.25) is 0 Å². The molecule has 1 fully saturated rings. The van der Waals surface area contributed by atoms with E-state index in [2.05, 4.69) is 4.98 Å². The number of methoxy groups -OCH3 is 2. The molecule has 0 saturated carbocycles. The summed E-state index contributed by atoms with van der Waals surface area (Å²) in [5, 5.41) is 0. The maximum absolute atomic E-state index is 13.1. The summed E-state index contributed by atoms with van der Waals surface area (Å²) in [4.78, 5) is 33.5. The van der Waals surface area contributed by atoms with E-state index in [1.807, 2.05) is 12.1 Å². The van der Waals surface area contributed by atoms with Gasteiger partial charge < -0.3 is 19.3 Å². The lowest BCUT2D eigenvalue weighted by Gasteiger charge is -2.29. The lowest BCUT2D eigenvalue weighted by molar-refractivity contribution is 0.0734. The summed E-state index contributed by atoms with van der Waals surface area (Å²) in [6.45, 7) is 2.62. The number of aromatic nitrogens is 1. The van der Waals surface area contributed by atoms with Crippen LogP contribution in [0.25, 0.3) is 0 Å². The standard InChI is InChI=1S/C22H25N3O4/c1-28-19-12-15-6-10-25(14-17(15)13-20(19)29-2)21(26)16-5-7-23-18(11-16)22(27)24-8-3-4-9-24/h5,7,11-13H,3-4,6,8-10,14H2,1-2H3. The highest BCUT2D eigenvalue weighted by atomic mass is 16.5. The molecule has 2 amide bonds. The zero-order valence-corrected chi connectivity index (χ0v) is 16.8. The minimum absolute atomic E-state index is 0.0942. The summed E-state index contributed by atoms with van der Waals surface area (Å²) in [7, 11) is 3.22. The molecule has 4 rings (SSSR count). The second kappa shape index (κ2) is 8.11. The number of ether oxygens (including phenoxy) is 2. The van der Waals surface area contributed by atoms with Crippen LogP contribution < -0.4 is 9.47 Å². The van der Waals surface area contributed by atoms with E-state index in [0.29, 0.717) is 35.8 Å². The molecule has 1 aromatic carbocycles. The van der Waals surface area contributed by atoms with Crippen LogP contribution in [0.15, 0.2) is 30.5 Å². The van der Waals surface area contributed by atoms with Crippen LogP contribution in [-0.4, -0.2) is 60.5 Å². The van der Waals surface area contributed by atoms with Crippen LogP contribution in [0.1, 0.15) is 44.8 Å². The van der Waals surface area contributed by atoms with E-state index in [1.54, 1.807) is 42.3 Å². The van der Waals surface area contributed by atoms with Gasteiger partial charge in [0.1, 0.15) is 5.69 Å². The van der Waals surface area contributed by atoms with Gasteiger partial charge in [0.15, 0.2) is 11.5 Å². The van der Waals surface area contributed by atoms with Gasteiger partial charge in [-0.3, -0.25) is 14.6 Å². The van der Waals surface area contributed by atoms with Crippen molar-refractivity contribution in [2.75, 3.05) is 33.9 Å². The van der Waals surface area contributed by atoms with Crippen LogP contribution in [-0.2, 0) is 13.0 Å². The zero-order chi connectivity index (χ0) is 20.4. The lowest BCUT2D eigenvalue weighted by atomic mass is 9.98. The molecule has 0 aliphatic carbocycles. The fraction of sp³-hybridized carbons (Fsp3) is 0.409. The average molecular weight is 395 g/mol. The number of hydrogen-bond acceptors (Lipinski definition) is 5. The fourth-order valence-corrected chi connectivity index (χ4v) is 4.00. The molecule has 2 aromatic rings. The summed E-state index contributed by atoms with van der Waals surface area (Å²) < 4.78 is 10.8. The van der Waals surface area contributed by atoms with E-state index < -0.39 is 0 Å². The highest BCUT2D eigenvalue weighted by Gasteiger charge is 2.26. The number of hydrogen-bond donors (Lipinski definition) is 0. The molecular formula is C22H25N3O4. The molecule has 0 atom stereocenters. The topological polar surface area (TPSA) is 72.0 Å². The van der Waals surface area contributed by atoms with E-state index in [0.717, 1.165) is 43.5 Å². The Labute approximate surface area is 170 Å². The summed E-state index contributed by atoms with van der Waals surface area (Å²) in [6.07, 6.45) is 4.33. The second-order valence-electron chi connectivity index (χ2n) is 7.38. The Bertz CT molecular complexity index is 938. The van der Waals surface area contributed by atoms with Crippen LogP contribution in [0.5, 0.6) is 11.5 Å². The molecule has 1 aromatic heterocycles. The van der Waals surface area contributed by atoms with Gasteiger partial charge in [0.25, 0.3) is 11.8 Å². The van der Waals surface area contributed by atoms with Crippen LogP contribution in [0, 0.1) is 0 Å². The first-order valence-corrected chi connectivity index (χ1v) is 9.89. The first-order chi connectivity index (χ1) is 14.1. The van der Waals surface area contributed by atoms with Crippen molar-refractivity contribution in [1.29, 1.82) is 0 Å². The van der Waals surface area contributed by atoms with Crippen molar-refractivity contribution in [3.05, 3.63) is 52.8 Å². The Morgan fingerprint density at radius 1 is 0.897 bits per heavy atom. The number of nitrogens with zero attached hydrogens (tertiary/aromatic N) is 3. The maximum atomic E-state index is 13.1. The molecule has 152 valence electrons. The van der Waals surface area contributed by atoms with Gasteiger partial charge in [-0.25, -0.2) is 0 Å². The minimum Gasteiger partial charge on any atom is -0.493 e. The lowest BCUT2D eigenvalue weighted by Crippen LogP contribution is -2.36. The van der Waals surface area contributed by atoms with Crippen molar-refractivity contribution in [2.24, 2.45) is 0 Å². The molecule has 7 nitrogen and oxygen atoms in total. The third-order valence-corrected chi connectivity index (χ3v) is 5.62. The Hall–Kier alpha value is -3.09. The minimum atomic E-state index is -0.0991. The monoisotopic (exact) mass is 395 g/mol. The molecule has 1 saturated heterocycles. The van der Waals surface area contributed by atoms with Gasteiger partial charge in [-0.2, -0.15) is 0 Å². The molecule has 0 bridgehead atoms. The van der Waals surface area contributed by atoms with Gasteiger partial charge in [-0.1, -0.05) is 0 Å². The Balaban J connectivity index is 1.53. The third kappa shape index (κ3) is 3.77. The van der Waals surface area contributed by atoms with Crippen LogP contribution in [0.3, 0.4) is 0 Å². The maximum Gasteiger partial charge on any atom is 0.272 e. The van der Waals surface area contributed by atoms with Crippen molar-refractivity contribution in [1.82, 2.24) is 14.8 Å². The van der Waals surface area contributed by atoms with Gasteiger partial charge in [-0.15, -0.1) is 0 Å². The van der Waals surface area contributed by atoms with Gasteiger partial charge in [0, 0.05) is 37.9 Å². The third-order valence-electron chi connectivity index (χ3n) is 5.62. The number of carbonyl (C=O) groups is 2. The molecule has 3 heterocycles. The Morgan fingerprint density at radius 2 is 1.59 bits per heavy atom. The number of benzene rings is 1. The number of pyridine rings is 1. The van der Waals surface area contributed by atoms with Crippen molar-refractivity contribution in [3.8, 4) is 11.5 Å². The molecule has 0 radical (unpaired) electrons. The van der Waals surface area contributed by atoms with E-state index in [4.69, 9.17) is 9.47 Å². The predicted molar refractivity (Wildman–Crippen MR) is 107 cm³/mol. The summed E-state index contributed by atoms with van der Waals surface area (Å²) in [5.41, 5.74) is 3.03.